The van der Waals surface area contributed by atoms with Gasteiger partial charge in [-0.25, -0.2) is 19.4 Å². The first-order chi connectivity index (χ1) is 7.70. The minimum atomic E-state index is -0.434. The van der Waals surface area contributed by atoms with E-state index >= 15 is 0 Å². The van der Waals surface area contributed by atoms with Gasteiger partial charge in [0.25, 0.3) is 0 Å². The van der Waals surface area contributed by atoms with Crippen molar-refractivity contribution in [1.29, 1.82) is 0 Å². The molecule has 7 nitrogen and oxygen atoms in total. The molecule has 0 bridgehead atoms. The van der Waals surface area contributed by atoms with Crippen molar-refractivity contribution in [2.75, 3.05) is 12.8 Å². The number of anilines is 1. The van der Waals surface area contributed by atoms with Gasteiger partial charge in [-0.1, -0.05) is 0 Å². The third-order valence-electron chi connectivity index (χ3n) is 1.91. The molecule has 0 atom stereocenters. The van der Waals surface area contributed by atoms with Crippen LogP contribution in [0, 0.1) is 0 Å². The molecule has 0 radical (unpaired) electrons. The number of nitrogens with zero attached hydrogens (tertiary/aromatic N) is 4. The van der Waals surface area contributed by atoms with E-state index in [0.717, 1.165) is 0 Å². The lowest BCUT2D eigenvalue weighted by molar-refractivity contribution is 0.0600. The minimum absolute atomic E-state index is 0.144. The Labute approximate surface area is 90.9 Å². The summed E-state index contributed by atoms with van der Waals surface area (Å²) < 4.78 is 5.97. The number of carbonyl (C=O) groups excluding carboxylic acids is 1. The molecule has 7 heteroatoms. The van der Waals surface area contributed by atoms with Crippen molar-refractivity contribution in [2.24, 2.45) is 0 Å². The SMILES string of the molecule is COC(=O)c1ccnc(-n2cnc(N)n2)c1. The molecule has 0 saturated heterocycles. The predicted octanol–water partition coefficient (Wildman–Crippen LogP) is 0.0311. The van der Waals surface area contributed by atoms with Gasteiger partial charge < -0.3 is 10.5 Å². The number of ether oxygens (including phenoxy) is 1. The summed E-state index contributed by atoms with van der Waals surface area (Å²) in [6, 6.07) is 3.09. The number of carbonyl (C=O) groups is 1. The van der Waals surface area contributed by atoms with Crippen molar-refractivity contribution in [1.82, 2.24) is 19.7 Å². The zero-order chi connectivity index (χ0) is 11.5. The molecule has 0 aromatic carbocycles. The van der Waals surface area contributed by atoms with Crippen molar-refractivity contribution in [3.8, 4) is 5.82 Å². The summed E-state index contributed by atoms with van der Waals surface area (Å²) in [6.07, 6.45) is 2.90. The molecule has 0 unspecified atom stereocenters. The molecule has 0 aliphatic heterocycles. The average molecular weight is 219 g/mol. The van der Waals surface area contributed by atoms with Gasteiger partial charge in [0, 0.05) is 6.20 Å². The molecule has 0 spiro atoms. The van der Waals surface area contributed by atoms with E-state index in [1.54, 1.807) is 12.1 Å². The van der Waals surface area contributed by atoms with Crippen molar-refractivity contribution in [3.63, 3.8) is 0 Å². The van der Waals surface area contributed by atoms with Crippen LogP contribution in [-0.2, 0) is 4.74 Å². The predicted molar refractivity (Wildman–Crippen MR) is 54.9 cm³/mol. The van der Waals surface area contributed by atoms with E-state index in [1.807, 2.05) is 0 Å². The zero-order valence-electron chi connectivity index (χ0n) is 8.49. The van der Waals surface area contributed by atoms with E-state index in [9.17, 15) is 4.79 Å². The van der Waals surface area contributed by atoms with Crippen molar-refractivity contribution < 1.29 is 9.53 Å². The van der Waals surface area contributed by atoms with Gasteiger partial charge in [0.05, 0.1) is 12.7 Å². The van der Waals surface area contributed by atoms with Gasteiger partial charge in [-0.2, -0.15) is 0 Å². The van der Waals surface area contributed by atoms with Crippen LogP contribution >= 0.6 is 0 Å². The Hall–Kier alpha value is -2.44. The van der Waals surface area contributed by atoms with Crippen molar-refractivity contribution in [3.05, 3.63) is 30.2 Å². The molecule has 2 N–H and O–H groups in total. The summed E-state index contributed by atoms with van der Waals surface area (Å²) in [5, 5.41) is 3.88. The molecule has 2 aromatic rings. The lowest BCUT2D eigenvalue weighted by Crippen LogP contribution is -2.05. The van der Waals surface area contributed by atoms with Gasteiger partial charge in [-0.3, -0.25) is 0 Å². The van der Waals surface area contributed by atoms with Crippen LogP contribution in [-0.4, -0.2) is 32.8 Å². The standard InChI is InChI=1S/C9H9N5O2/c1-16-8(15)6-2-3-11-7(4-6)14-5-12-9(10)13-14/h2-5H,1H3,(H2,10,13). The Morgan fingerprint density at radius 1 is 1.50 bits per heavy atom. The molecule has 0 aliphatic rings. The summed E-state index contributed by atoms with van der Waals surface area (Å²) in [6.45, 7) is 0. The number of nitrogens with two attached hydrogens (primary N) is 1. The first-order valence-corrected chi connectivity index (χ1v) is 4.42. The van der Waals surface area contributed by atoms with Crippen LogP contribution in [0.25, 0.3) is 5.82 Å². The molecule has 2 aromatic heterocycles. The van der Waals surface area contributed by atoms with Crippen LogP contribution in [0.5, 0.6) is 0 Å². The van der Waals surface area contributed by atoms with E-state index < -0.39 is 5.97 Å². The molecule has 0 aliphatic carbocycles. The molecule has 0 fully saturated rings. The van der Waals surface area contributed by atoms with E-state index in [1.165, 1.54) is 24.3 Å². The zero-order valence-corrected chi connectivity index (χ0v) is 8.49. The van der Waals surface area contributed by atoms with Gasteiger partial charge in [0.15, 0.2) is 5.82 Å². The fourth-order valence-electron chi connectivity index (χ4n) is 1.17. The Balaban J connectivity index is 2.39. The van der Waals surface area contributed by atoms with E-state index in [2.05, 4.69) is 19.8 Å². The van der Waals surface area contributed by atoms with Crippen LogP contribution in [0.3, 0.4) is 0 Å². The van der Waals surface area contributed by atoms with Crippen LogP contribution in [0.1, 0.15) is 10.4 Å². The van der Waals surface area contributed by atoms with E-state index in [0.29, 0.717) is 11.4 Å². The number of nitrogen functional groups attached to an aromatic ring is 1. The topological polar surface area (TPSA) is 95.9 Å². The minimum Gasteiger partial charge on any atom is -0.465 e. The third kappa shape index (κ3) is 1.83. The highest BCUT2D eigenvalue weighted by Crippen LogP contribution is 2.07. The largest absolute Gasteiger partial charge is 0.465 e. The van der Waals surface area contributed by atoms with Crippen LogP contribution in [0.15, 0.2) is 24.7 Å². The Morgan fingerprint density at radius 2 is 2.31 bits per heavy atom. The smallest absolute Gasteiger partial charge is 0.338 e. The Bertz CT molecular complexity index is 522. The number of hydrogen-bond acceptors (Lipinski definition) is 6. The fraction of sp³-hybridized carbons (Fsp3) is 0.111. The molecule has 0 amide bonds. The molecule has 2 rings (SSSR count). The lowest BCUT2D eigenvalue weighted by atomic mass is 10.2. The second-order valence-electron chi connectivity index (χ2n) is 2.94. The first kappa shape index (κ1) is 10.1. The quantitative estimate of drug-likeness (QED) is 0.716. The van der Waals surface area contributed by atoms with Gasteiger partial charge in [0.1, 0.15) is 6.33 Å². The number of pyridine rings is 1. The summed E-state index contributed by atoms with van der Waals surface area (Å²) in [7, 11) is 1.32. The Kier molecular flexibility index (Phi) is 2.50. The second kappa shape index (κ2) is 3.97. The molecule has 16 heavy (non-hydrogen) atoms. The molecule has 2 heterocycles. The highest BCUT2D eigenvalue weighted by molar-refractivity contribution is 5.89. The number of hydrogen-bond donors (Lipinski definition) is 1. The number of esters is 1. The number of rotatable bonds is 2. The highest BCUT2D eigenvalue weighted by atomic mass is 16.5. The summed E-state index contributed by atoms with van der Waals surface area (Å²) in [5.74, 6) is 0.161. The summed E-state index contributed by atoms with van der Waals surface area (Å²) in [4.78, 5) is 19.1. The van der Waals surface area contributed by atoms with Gasteiger partial charge in [-0.05, 0) is 12.1 Å². The van der Waals surface area contributed by atoms with Gasteiger partial charge in [0.2, 0.25) is 5.95 Å². The van der Waals surface area contributed by atoms with Crippen LogP contribution < -0.4 is 5.73 Å². The van der Waals surface area contributed by atoms with E-state index in [4.69, 9.17) is 5.73 Å². The van der Waals surface area contributed by atoms with Crippen molar-refractivity contribution in [2.45, 2.75) is 0 Å². The second-order valence-corrected chi connectivity index (χ2v) is 2.94. The molecular formula is C9H9N5O2. The third-order valence-corrected chi connectivity index (χ3v) is 1.91. The maximum Gasteiger partial charge on any atom is 0.338 e. The lowest BCUT2D eigenvalue weighted by Gasteiger charge is -2.01. The first-order valence-electron chi connectivity index (χ1n) is 4.42. The molecule has 0 saturated carbocycles. The van der Waals surface area contributed by atoms with Crippen LogP contribution in [0.2, 0.25) is 0 Å². The summed E-state index contributed by atoms with van der Waals surface area (Å²) in [5.41, 5.74) is 5.77. The Morgan fingerprint density at radius 3 is 2.94 bits per heavy atom. The molecule has 82 valence electrons. The maximum atomic E-state index is 11.3. The number of methoxy groups -OCH3 is 1. The fourth-order valence-corrected chi connectivity index (χ4v) is 1.17. The number of aromatic nitrogens is 4. The monoisotopic (exact) mass is 219 g/mol. The normalized spacial score (nSPS) is 10.1. The average Bonchev–Trinajstić information content (AvgIpc) is 2.75. The summed E-state index contributed by atoms with van der Waals surface area (Å²) >= 11 is 0. The van der Waals surface area contributed by atoms with Crippen molar-refractivity contribution >= 4 is 11.9 Å². The molecular weight excluding hydrogens is 210 g/mol. The van der Waals surface area contributed by atoms with Gasteiger partial charge >= 0.3 is 5.97 Å². The van der Waals surface area contributed by atoms with Gasteiger partial charge in [-0.15, -0.1) is 5.10 Å². The van der Waals surface area contributed by atoms with Crippen LogP contribution in [0.4, 0.5) is 5.95 Å². The van der Waals surface area contributed by atoms with E-state index in [-0.39, 0.29) is 5.95 Å². The maximum absolute atomic E-state index is 11.3. The highest BCUT2D eigenvalue weighted by Gasteiger charge is 2.08.